The SMILES string of the molecule is CN=C(NCc1cn(C)nc1C(F)(F)F)NC1CCN(c2c(F)cccc2F)C1. The van der Waals surface area contributed by atoms with Gasteiger partial charge in [0.25, 0.3) is 0 Å². The number of hydrogen-bond acceptors (Lipinski definition) is 3. The number of alkyl halides is 3. The zero-order valence-corrected chi connectivity index (χ0v) is 15.9. The maximum atomic E-state index is 14.0. The van der Waals surface area contributed by atoms with Crippen LogP contribution in [-0.4, -0.2) is 41.9 Å². The highest BCUT2D eigenvalue weighted by Gasteiger charge is 2.37. The first-order valence-electron chi connectivity index (χ1n) is 8.95. The lowest BCUT2D eigenvalue weighted by Gasteiger charge is -2.21. The molecule has 2 aromatic rings. The Labute approximate surface area is 164 Å². The van der Waals surface area contributed by atoms with E-state index in [1.165, 1.54) is 38.5 Å². The van der Waals surface area contributed by atoms with Gasteiger partial charge in [0.1, 0.15) is 17.3 Å². The number of aromatic nitrogens is 2. The quantitative estimate of drug-likeness (QED) is 0.457. The lowest BCUT2D eigenvalue weighted by Crippen LogP contribution is -2.44. The van der Waals surface area contributed by atoms with Gasteiger partial charge in [-0.1, -0.05) is 6.07 Å². The van der Waals surface area contributed by atoms with Crippen LogP contribution in [-0.2, 0) is 19.8 Å². The van der Waals surface area contributed by atoms with Gasteiger partial charge in [-0.25, -0.2) is 8.78 Å². The minimum absolute atomic E-state index is 0.00979. The Balaban J connectivity index is 1.61. The van der Waals surface area contributed by atoms with E-state index in [4.69, 9.17) is 0 Å². The average molecular weight is 416 g/mol. The first-order valence-corrected chi connectivity index (χ1v) is 8.95. The van der Waals surface area contributed by atoms with Gasteiger partial charge in [-0.05, 0) is 18.6 Å². The van der Waals surface area contributed by atoms with E-state index in [2.05, 4.69) is 20.7 Å². The van der Waals surface area contributed by atoms with Crippen molar-refractivity contribution in [3.63, 3.8) is 0 Å². The zero-order chi connectivity index (χ0) is 21.2. The molecular weight excluding hydrogens is 395 g/mol. The van der Waals surface area contributed by atoms with Crippen LogP contribution in [0.3, 0.4) is 0 Å². The summed E-state index contributed by atoms with van der Waals surface area (Å²) in [7, 11) is 2.91. The first-order chi connectivity index (χ1) is 13.7. The van der Waals surface area contributed by atoms with Crippen LogP contribution in [0.15, 0.2) is 29.4 Å². The summed E-state index contributed by atoms with van der Waals surface area (Å²) in [5.41, 5.74) is -1.04. The third kappa shape index (κ3) is 4.77. The fourth-order valence-corrected chi connectivity index (χ4v) is 3.34. The second-order valence-electron chi connectivity index (χ2n) is 6.75. The van der Waals surface area contributed by atoms with Crippen molar-refractivity contribution < 1.29 is 22.0 Å². The Kier molecular flexibility index (Phi) is 5.94. The molecule has 2 heterocycles. The normalized spacial score (nSPS) is 17.7. The van der Waals surface area contributed by atoms with E-state index in [0.29, 0.717) is 25.5 Å². The number of rotatable bonds is 4. The molecule has 1 aromatic heterocycles. The Morgan fingerprint density at radius 2 is 1.97 bits per heavy atom. The molecule has 0 saturated carbocycles. The number of benzene rings is 1. The van der Waals surface area contributed by atoms with E-state index >= 15 is 0 Å². The largest absolute Gasteiger partial charge is 0.435 e. The van der Waals surface area contributed by atoms with Crippen molar-refractivity contribution in [2.75, 3.05) is 25.0 Å². The molecule has 1 saturated heterocycles. The summed E-state index contributed by atoms with van der Waals surface area (Å²) in [4.78, 5) is 5.61. The molecule has 158 valence electrons. The molecule has 29 heavy (non-hydrogen) atoms. The van der Waals surface area contributed by atoms with Crippen molar-refractivity contribution in [1.29, 1.82) is 0 Å². The number of para-hydroxylation sites is 1. The van der Waals surface area contributed by atoms with Crippen LogP contribution in [0.5, 0.6) is 0 Å². The van der Waals surface area contributed by atoms with Crippen molar-refractivity contribution in [2.45, 2.75) is 25.2 Å². The Morgan fingerprint density at radius 1 is 1.28 bits per heavy atom. The minimum Gasteiger partial charge on any atom is -0.365 e. The molecule has 1 atom stereocenters. The van der Waals surface area contributed by atoms with Crippen LogP contribution < -0.4 is 15.5 Å². The highest BCUT2D eigenvalue weighted by atomic mass is 19.4. The fraction of sp³-hybridized carbons (Fsp3) is 0.444. The maximum Gasteiger partial charge on any atom is 0.435 e. The lowest BCUT2D eigenvalue weighted by atomic mass is 10.2. The van der Waals surface area contributed by atoms with E-state index < -0.39 is 23.5 Å². The van der Waals surface area contributed by atoms with Gasteiger partial charge in [0.15, 0.2) is 11.7 Å². The Bertz CT molecular complexity index is 871. The van der Waals surface area contributed by atoms with Crippen molar-refractivity contribution >= 4 is 11.6 Å². The average Bonchev–Trinajstić information content (AvgIpc) is 3.24. The summed E-state index contributed by atoms with van der Waals surface area (Å²) in [6.07, 6.45) is -2.67. The number of anilines is 1. The van der Waals surface area contributed by atoms with E-state index in [0.717, 1.165) is 4.68 Å². The predicted octanol–water partition coefficient (Wildman–Crippen LogP) is 2.66. The molecule has 1 aliphatic heterocycles. The molecular formula is C18H21F5N6. The molecule has 1 aliphatic rings. The van der Waals surface area contributed by atoms with Crippen LogP contribution >= 0.6 is 0 Å². The summed E-state index contributed by atoms with van der Waals surface area (Å²) >= 11 is 0. The fourth-order valence-electron chi connectivity index (χ4n) is 3.34. The smallest absolute Gasteiger partial charge is 0.365 e. The molecule has 0 aliphatic carbocycles. The number of halogens is 5. The minimum atomic E-state index is -4.55. The molecule has 3 rings (SSSR count). The van der Waals surface area contributed by atoms with E-state index in [1.807, 2.05) is 0 Å². The van der Waals surface area contributed by atoms with Gasteiger partial charge in [-0.3, -0.25) is 9.67 Å². The van der Waals surface area contributed by atoms with Crippen LogP contribution in [0.25, 0.3) is 0 Å². The number of nitrogens with one attached hydrogen (secondary N) is 2. The van der Waals surface area contributed by atoms with Gasteiger partial charge in [-0.2, -0.15) is 18.3 Å². The van der Waals surface area contributed by atoms with Crippen molar-refractivity contribution in [1.82, 2.24) is 20.4 Å². The second kappa shape index (κ2) is 8.26. The topological polar surface area (TPSA) is 57.5 Å². The number of aliphatic imine (C=N–C) groups is 1. The highest BCUT2D eigenvalue weighted by Crippen LogP contribution is 2.30. The van der Waals surface area contributed by atoms with E-state index in [9.17, 15) is 22.0 Å². The monoisotopic (exact) mass is 416 g/mol. The molecule has 6 nitrogen and oxygen atoms in total. The molecule has 1 aromatic carbocycles. The molecule has 0 spiro atoms. The number of nitrogens with zero attached hydrogens (tertiary/aromatic N) is 4. The third-order valence-corrected chi connectivity index (χ3v) is 4.63. The molecule has 1 unspecified atom stereocenters. The summed E-state index contributed by atoms with van der Waals surface area (Å²) in [6, 6.07) is 3.54. The van der Waals surface area contributed by atoms with Gasteiger partial charge < -0.3 is 15.5 Å². The van der Waals surface area contributed by atoms with E-state index in [-0.39, 0.29) is 23.8 Å². The van der Waals surface area contributed by atoms with Crippen molar-refractivity contribution in [3.05, 3.63) is 47.3 Å². The van der Waals surface area contributed by atoms with Crippen LogP contribution in [0.2, 0.25) is 0 Å². The Hall–Kier alpha value is -2.85. The van der Waals surface area contributed by atoms with E-state index in [1.54, 1.807) is 4.90 Å². The summed E-state index contributed by atoms with van der Waals surface area (Å²) in [6.45, 7) is 0.646. The summed E-state index contributed by atoms with van der Waals surface area (Å²) in [5, 5.41) is 9.38. The predicted molar refractivity (Wildman–Crippen MR) is 98.5 cm³/mol. The summed E-state index contributed by atoms with van der Waals surface area (Å²) < 4.78 is 68.2. The highest BCUT2D eigenvalue weighted by molar-refractivity contribution is 5.80. The van der Waals surface area contributed by atoms with Crippen LogP contribution in [0.1, 0.15) is 17.7 Å². The van der Waals surface area contributed by atoms with Crippen molar-refractivity contribution in [2.24, 2.45) is 12.0 Å². The number of guanidine groups is 1. The van der Waals surface area contributed by atoms with Gasteiger partial charge in [0, 0.05) is 51.5 Å². The van der Waals surface area contributed by atoms with Crippen molar-refractivity contribution in [3.8, 4) is 0 Å². The third-order valence-electron chi connectivity index (χ3n) is 4.63. The van der Waals surface area contributed by atoms with Gasteiger partial charge in [-0.15, -0.1) is 0 Å². The molecule has 11 heteroatoms. The molecule has 2 N–H and O–H groups in total. The molecule has 1 fully saturated rings. The van der Waals surface area contributed by atoms with Crippen LogP contribution in [0, 0.1) is 11.6 Å². The first kappa shape index (κ1) is 20.9. The number of aryl methyl sites for hydroxylation is 1. The Morgan fingerprint density at radius 3 is 2.59 bits per heavy atom. The maximum absolute atomic E-state index is 14.0. The summed E-state index contributed by atoms with van der Waals surface area (Å²) in [5.74, 6) is -0.975. The van der Waals surface area contributed by atoms with Crippen LogP contribution in [0.4, 0.5) is 27.6 Å². The zero-order valence-electron chi connectivity index (χ0n) is 15.9. The molecule has 0 radical (unpaired) electrons. The standard InChI is InChI=1S/C18H21F5N6/c1-24-17(25-8-11-9-28(2)27-16(11)18(21,22)23)26-12-6-7-29(10-12)15-13(19)4-3-5-14(15)20/h3-5,9,12H,6-8,10H2,1-2H3,(H2,24,25,26). The second-order valence-corrected chi connectivity index (χ2v) is 6.75. The van der Waals surface area contributed by atoms with Gasteiger partial charge in [0.2, 0.25) is 0 Å². The molecule has 0 bridgehead atoms. The van der Waals surface area contributed by atoms with Gasteiger partial charge >= 0.3 is 6.18 Å². The molecule has 0 amide bonds. The lowest BCUT2D eigenvalue weighted by molar-refractivity contribution is -0.142. The number of hydrogen-bond donors (Lipinski definition) is 2. The van der Waals surface area contributed by atoms with Gasteiger partial charge in [0.05, 0.1) is 0 Å².